The highest BCUT2D eigenvalue weighted by Gasteiger charge is 2.23. The number of hydrogen-bond donors (Lipinski definition) is 0. The molecule has 0 saturated carbocycles. The van der Waals surface area contributed by atoms with Crippen molar-refractivity contribution in [3.05, 3.63) is 30.1 Å². The van der Waals surface area contributed by atoms with E-state index in [9.17, 15) is 0 Å². The molecule has 2 aromatic heterocycles. The van der Waals surface area contributed by atoms with Crippen LogP contribution in [0.2, 0.25) is 0 Å². The normalized spacial score (nSPS) is 12.2. The average Bonchev–Trinajstić information content (AvgIpc) is 2.55. The quantitative estimate of drug-likeness (QED) is 0.775. The zero-order chi connectivity index (χ0) is 12.6. The van der Waals surface area contributed by atoms with Crippen molar-refractivity contribution in [2.24, 2.45) is 0 Å². The van der Waals surface area contributed by atoms with Gasteiger partial charge in [0.1, 0.15) is 5.65 Å². The molecule has 0 aromatic carbocycles. The molecule has 0 aliphatic heterocycles. The minimum Gasteiger partial charge on any atom is -0.297 e. The molecule has 2 aromatic rings. The summed E-state index contributed by atoms with van der Waals surface area (Å²) >= 11 is 0. The minimum atomic E-state index is -0.490. The number of nitrogens with zero attached hydrogens (tertiary/aromatic N) is 4. The summed E-state index contributed by atoms with van der Waals surface area (Å²) in [6.07, 6.45) is 2.09. The molecule has 4 nitrogen and oxygen atoms in total. The Labute approximate surface area is 104 Å². The first kappa shape index (κ1) is 12.5. The van der Waals surface area contributed by atoms with Crippen LogP contribution in [-0.2, 0) is 0 Å². The molecule has 0 aliphatic rings. The van der Waals surface area contributed by atoms with Crippen molar-refractivity contribution in [1.82, 2.24) is 18.7 Å². The summed E-state index contributed by atoms with van der Waals surface area (Å²) in [5, 5.41) is 0. The number of fused-ring (bicyclic) bond motifs is 1. The summed E-state index contributed by atoms with van der Waals surface area (Å²) in [5.74, 6) is 0. The van der Waals surface area contributed by atoms with Gasteiger partial charge in [-0.15, -0.1) is 0 Å². The van der Waals surface area contributed by atoms with Crippen LogP contribution in [0.3, 0.4) is 0 Å². The molecule has 0 unspecified atom stereocenters. The van der Waals surface area contributed by atoms with Crippen molar-refractivity contribution < 1.29 is 0 Å². The molecular weight excluding hydrogens is 231 g/mol. The van der Waals surface area contributed by atoms with Crippen LogP contribution in [0.25, 0.3) is 5.65 Å². The lowest BCUT2D eigenvalue weighted by Crippen LogP contribution is -2.28. The standard InChI is InChI=1S/C12H19N4P/c1-10-12(17(14(2)3)15(4)5)16-9-7-6-8-11(16)13-10/h6-9H,1-5H3. The first-order valence-electron chi connectivity index (χ1n) is 5.60. The first-order chi connectivity index (χ1) is 8.02. The van der Waals surface area contributed by atoms with Crippen molar-refractivity contribution in [3.8, 4) is 0 Å². The van der Waals surface area contributed by atoms with Gasteiger partial charge < -0.3 is 0 Å². The van der Waals surface area contributed by atoms with Gasteiger partial charge >= 0.3 is 0 Å². The Hall–Kier alpha value is -0.960. The molecule has 0 amide bonds. The predicted molar refractivity (Wildman–Crippen MR) is 73.9 cm³/mol. The lowest BCUT2D eigenvalue weighted by atomic mass is 10.5. The minimum absolute atomic E-state index is 0.490. The van der Waals surface area contributed by atoms with Crippen LogP contribution < -0.4 is 5.44 Å². The van der Waals surface area contributed by atoms with Crippen molar-refractivity contribution in [1.29, 1.82) is 0 Å². The second-order valence-electron chi connectivity index (χ2n) is 4.43. The predicted octanol–water partition coefficient (Wildman–Crippen LogP) is 1.70. The number of hydrogen-bond acceptors (Lipinski definition) is 3. The summed E-state index contributed by atoms with van der Waals surface area (Å²) in [7, 11) is 7.98. The smallest absolute Gasteiger partial charge is 0.137 e. The number of aryl methyl sites for hydroxylation is 1. The van der Waals surface area contributed by atoms with E-state index in [1.165, 1.54) is 5.44 Å². The van der Waals surface area contributed by atoms with E-state index in [0.29, 0.717) is 0 Å². The Bertz CT molecular complexity index is 510. The first-order valence-corrected chi connectivity index (χ1v) is 6.85. The molecule has 0 radical (unpaired) electrons. The van der Waals surface area contributed by atoms with Gasteiger partial charge in [0.2, 0.25) is 0 Å². The van der Waals surface area contributed by atoms with Crippen LogP contribution in [0.4, 0.5) is 0 Å². The van der Waals surface area contributed by atoms with Gasteiger partial charge in [-0.3, -0.25) is 13.7 Å². The van der Waals surface area contributed by atoms with Crippen LogP contribution in [0.15, 0.2) is 24.4 Å². The van der Waals surface area contributed by atoms with Crippen LogP contribution >= 0.6 is 8.22 Å². The Kier molecular flexibility index (Phi) is 3.48. The summed E-state index contributed by atoms with van der Waals surface area (Å²) in [6, 6.07) is 6.13. The van der Waals surface area contributed by atoms with E-state index in [-0.39, 0.29) is 0 Å². The molecule has 0 bridgehead atoms. The maximum absolute atomic E-state index is 4.62. The maximum Gasteiger partial charge on any atom is 0.137 e. The van der Waals surface area contributed by atoms with Crippen molar-refractivity contribution in [3.63, 3.8) is 0 Å². The number of imidazole rings is 1. The molecular formula is C12H19N4P. The SMILES string of the molecule is Cc1nc2ccccn2c1P(N(C)C)N(C)C. The summed E-state index contributed by atoms with van der Waals surface area (Å²) in [5.41, 5.74) is 3.44. The third-order valence-corrected chi connectivity index (χ3v) is 5.05. The van der Waals surface area contributed by atoms with Gasteiger partial charge in [-0.1, -0.05) is 6.07 Å². The van der Waals surface area contributed by atoms with Gasteiger partial charge in [-0.25, -0.2) is 4.98 Å². The number of rotatable bonds is 3. The molecule has 92 valence electrons. The fraction of sp³-hybridized carbons (Fsp3) is 0.417. The topological polar surface area (TPSA) is 23.8 Å². The van der Waals surface area contributed by atoms with E-state index in [4.69, 9.17) is 0 Å². The van der Waals surface area contributed by atoms with Crippen LogP contribution in [0.1, 0.15) is 5.69 Å². The Morgan fingerprint density at radius 1 is 1.12 bits per heavy atom. The molecule has 0 atom stereocenters. The van der Waals surface area contributed by atoms with Gasteiger partial charge in [-0.2, -0.15) is 0 Å². The molecule has 5 heteroatoms. The maximum atomic E-state index is 4.62. The largest absolute Gasteiger partial charge is 0.297 e. The fourth-order valence-corrected chi connectivity index (χ4v) is 4.25. The molecule has 0 fully saturated rings. The van der Waals surface area contributed by atoms with Crippen molar-refractivity contribution in [2.45, 2.75) is 6.92 Å². The monoisotopic (exact) mass is 250 g/mol. The average molecular weight is 250 g/mol. The second kappa shape index (κ2) is 4.73. The summed E-state index contributed by atoms with van der Waals surface area (Å²) in [4.78, 5) is 4.62. The Balaban J connectivity index is 2.64. The number of aromatic nitrogens is 2. The van der Waals surface area contributed by atoms with E-state index in [1.807, 2.05) is 6.07 Å². The third-order valence-electron chi connectivity index (χ3n) is 2.62. The van der Waals surface area contributed by atoms with Gasteiger partial charge in [-0.05, 0) is 47.2 Å². The molecule has 2 heterocycles. The van der Waals surface area contributed by atoms with Crippen LogP contribution in [0.5, 0.6) is 0 Å². The highest BCUT2D eigenvalue weighted by molar-refractivity contribution is 7.60. The zero-order valence-corrected chi connectivity index (χ0v) is 11.9. The second-order valence-corrected chi connectivity index (χ2v) is 7.04. The highest BCUT2D eigenvalue weighted by Crippen LogP contribution is 2.39. The zero-order valence-electron chi connectivity index (χ0n) is 11.0. The van der Waals surface area contributed by atoms with E-state index >= 15 is 0 Å². The van der Waals surface area contributed by atoms with E-state index in [2.05, 4.69) is 72.2 Å². The lowest BCUT2D eigenvalue weighted by Gasteiger charge is -2.30. The lowest BCUT2D eigenvalue weighted by molar-refractivity contribution is 0.583. The van der Waals surface area contributed by atoms with Gasteiger partial charge in [0.15, 0.2) is 0 Å². The van der Waals surface area contributed by atoms with Crippen LogP contribution in [-0.4, -0.2) is 46.9 Å². The molecule has 2 rings (SSSR count). The van der Waals surface area contributed by atoms with E-state index in [0.717, 1.165) is 11.3 Å². The van der Waals surface area contributed by atoms with E-state index < -0.39 is 8.22 Å². The molecule has 0 N–H and O–H groups in total. The van der Waals surface area contributed by atoms with Gasteiger partial charge in [0.05, 0.1) is 19.4 Å². The molecule has 0 saturated heterocycles. The summed E-state index contributed by atoms with van der Waals surface area (Å²) in [6.45, 7) is 2.09. The van der Waals surface area contributed by atoms with Crippen molar-refractivity contribution in [2.75, 3.05) is 28.2 Å². The molecule has 0 spiro atoms. The van der Waals surface area contributed by atoms with Crippen molar-refractivity contribution >= 4 is 19.3 Å². The third kappa shape index (κ3) is 2.21. The van der Waals surface area contributed by atoms with Crippen LogP contribution in [0, 0.1) is 6.92 Å². The highest BCUT2D eigenvalue weighted by atomic mass is 31.1. The number of pyridine rings is 1. The molecule has 17 heavy (non-hydrogen) atoms. The fourth-order valence-electron chi connectivity index (χ4n) is 2.08. The van der Waals surface area contributed by atoms with E-state index in [1.54, 1.807) is 0 Å². The van der Waals surface area contributed by atoms with Gasteiger partial charge in [0.25, 0.3) is 0 Å². The van der Waals surface area contributed by atoms with Gasteiger partial charge in [0, 0.05) is 6.20 Å². The summed E-state index contributed by atoms with van der Waals surface area (Å²) < 4.78 is 6.72. The molecule has 0 aliphatic carbocycles. The Morgan fingerprint density at radius 3 is 2.35 bits per heavy atom. The Morgan fingerprint density at radius 2 is 1.76 bits per heavy atom.